The summed E-state index contributed by atoms with van der Waals surface area (Å²) >= 11 is 0. The molecule has 2 aliphatic heterocycles. The van der Waals surface area contributed by atoms with Crippen LogP contribution in [0.5, 0.6) is 0 Å². The smallest absolute Gasteiger partial charge is 0.236 e. The van der Waals surface area contributed by atoms with E-state index < -0.39 is 0 Å². The van der Waals surface area contributed by atoms with Gasteiger partial charge in [0.2, 0.25) is 5.91 Å². The van der Waals surface area contributed by atoms with Gasteiger partial charge in [-0.25, -0.2) is 0 Å². The molecular formula is C19H29N3O. The Morgan fingerprint density at radius 3 is 2.39 bits per heavy atom. The average Bonchev–Trinajstić information content (AvgIpc) is 3.07. The van der Waals surface area contributed by atoms with E-state index in [-0.39, 0.29) is 5.91 Å². The molecule has 0 radical (unpaired) electrons. The Bertz CT molecular complexity index is 584. The molecule has 0 spiro atoms. The quantitative estimate of drug-likeness (QED) is 0.851. The number of carbonyl (C=O) groups excluding carboxylic acids is 1. The van der Waals surface area contributed by atoms with Crippen molar-refractivity contribution in [3.05, 3.63) is 34.9 Å². The van der Waals surface area contributed by atoms with Crippen molar-refractivity contribution in [1.82, 2.24) is 14.7 Å². The molecule has 23 heavy (non-hydrogen) atoms. The second kappa shape index (κ2) is 6.62. The van der Waals surface area contributed by atoms with Gasteiger partial charge in [-0.2, -0.15) is 0 Å². The Kier molecular flexibility index (Phi) is 4.74. The van der Waals surface area contributed by atoms with Crippen LogP contribution in [-0.2, 0) is 11.3 Å². The molecule has 0 aromatic heterocycles. The summed E-state index contributed by atoms with van der Waals surface area (Å²) in [7, 11) is 3.69. The van der Waals surface area contributed by atoms with Crippen LogP contribution in [0.2, 0.25) is 0 Å². The van der Waals surface area contributed by atoms with E-state index in [0.29, 0.717) is 18.6 Å². The number of likely N-dealkylation sites (tertiary alicyclic amines) is 2. The molecule has 2 atom stereocenters. The number of likely N-dealkylation sites (N-methyl/N-ethyl adjacent to an activating group) is 1. The van der Waals surface area contributed by atoms with E-state index in [9.17, 15) is 4.79 Å². The van der Waals surface area contributed by atoms with Crippen LogP contribution >= 0.6 is 0 Å². The standard InChI is InChI=1S/C19H29N3O/c1-14-5-6-16(11-15(14)2)12-21-9-7-18-17(21)8-10-22(18)13-19(23)20(3)4/h5-6,11,17-18H,7-10,12-13H2,1-4H3/t17-,18+/m1/s1. The minimum atomic E-state index is 0.221. The van der Waals surface area contributed by atoms with E-state index in [2.05, 4.69) is 41.8 Å². The maximum Gasteiger partial charge on any atom is 0.236 e. The summed E-state index contributed by atoms with van der Waals surface area (Å²) in [6.07, 6.45) is 2.38. The number of hydrogen-bond donors (Lipinski definition) is 0. The summed E-state index contributed by atoms with van der Waals surface area (Å²) < 4.78 is 0. The second-order valence-electron chi connectivity index (χ2n) is 7.36. The highest BCUT2D eigenvalue weighted by Crippen LogP contribution is 2.32. The number of benzene rings is 1. The Labute approximate surface area is 140 Å². The third kappa shape index (κ3) is 3.43. The number of hydrogen-bond acceptors (Lipinski definition) is 3. The molecule has 1 aromatic carbocycles. The first-order chi connectivity index (χ1) is 11.0. The molecule has 0 N–H and O–H groups in total. The fourth-order valence-electron chi connectivity index (χ4n) is 4.01. The first-order valence-corrected chi connectivity index (χ1v) is 8.70. The number of carbonyl (C=O) groups is 1. The largest absolute Gasteiger partial charge is 0.348 e. The van der Waals surface area contributed by atoms with Crippen molar-refractivity contribution in [1.29, 1.82) is 0 Å². The summed E-state index contributed by atoms with van der Waals surface area (Å²) in [5.41, 5.74) is 4.15. The molecule has 0 aliphatic carbocycles. The monoisotopic (exact) mass is 315 g/mol. The van der Waals surface area contributed by atoms with Crippen LogP contribution in [0, 0.1) is 13.8 Å². The zero-order valence-electron chi connectivity index (χ0n) is 14.9. The van der Waals surface area contributed by atoms with Crippen LogP contribution < -0.4 is 0 Å². The van der Waals surface area contributed by atoms with Gasteiger partial charge in [-0.1, -0.05) is 18.2 Å². The molecule has 126 valence electrons. The van der Waals surface area contributed by atoms with E-state index in [0.717, 1.165) is 19.6 Å². The maximum atomic E-state index is 12.0. The Morgan fingerprint density at radius 1 is 1.09 bits per heavy atom. The molecule has 1 amide bonds. The molecule has 0 saturated carbocycles. The lowest BCUT2D eigenvalue weighted by atomic mass is 10.1. The van der Waals surface area contributed by atoms with Gasteiger partial charge < -0.3 is 4.90 Å². The minimum absolute atomic E-state index is 0.221. The van der Waals surface area contributed by atoms with Gasteiger partial charge in [-0.15, -0.1) is 0 Å². The van der Waals surface area contributed by atoms with Crippen LogP contribution in [0.1, 0.15) is 29.5 Å². The van der Waals surface area contributed by atoms with E-state index in [1.54, 1.807) is 4.90 Å². The predicted octanol–water partition coefficient (Wildman–Crippen LogP) is 2.04. The van der Waals surface area contributed by atoms with Gasteiger partial charge in [-0.05, 0) is 43.4 Å². The summed E-state index contributed by atoms with van der Waals surface area (Å²) in [5.74, 6) is 0.221. The zero-order chi connectivity index (χ0) is 16.6. The van der Waals surface area contributed by atoms with Gasteiger partial charge in [-0.3, -0.25) is 14.6 Å². The lowest BCUT2D eigenvalue weighted by molar-refractivity contribution is -0.130. The fourth-order valence-corrected chi connectivity index (χ4v) is 4.01. The van der Waals surface area contributed by atoms with Crippen molar-refractivity contribution in [2.45, 2.75) is 45.3 Å². The van der Waals surface area contributed by atoms with Gasteiger partial charge in [0.05, 0.1) is 6.54 Å². The van der Waals surface area contributed by atoms with Gasteiger partial charge >= 0.3 is 0 Å². The van der Waals surface area contributed by atoms with Crippen LogP contribution in [0.25, 0.3) is 0 Å². The molecule has 2 heterocycles. The highest BCUT2D eigenvalue weighted by atomic mass is 16.2. The lowest BCUT2D eigenvalue weighted by Crippen LogP contribution is -2.41. The molecule has 2 saturated heterocycles. The van der Waals surface area contributed by atoms with Crippen LogP contribution in [0.15, 0.2) is 18.2 Å². The maximum absolute atomic E-state index is 12.0. The molecule has 0 bridgehead atoms. The van der Waals surface area contributed by atoms with Crippen molar-refractivity contribution >= 4 is 5.91 Å². The van der Waals surface area contributed by atoms with Crippen molar-refractivity contribution in [3.63, 3.8) is 0 Å². The third-order valence-electron chi connectivity index (χ3n) is 5.60. The molecule has 2 aliphatic rings. The topological polar surface area (TPSA) is 26.8 Å². The minimum Gasteiger partial charge on any atom is -0.348 e. The van der Waals surface area contributed by atoms with Gasteiger partial charge in [0.25, 0.3) is 0 Å². The predicted molar refractivity (Wildman–Crippen MR) is 93.4 cm³/mol. The SMILES string of the molecule is Cc1ccc(CN2CC[C@H]3[C@H]2CCN3CC(=O)N(C)C)cc1C. The summed E-state index contributed by atoms with van der Waals surface area (Å²) in [6, 6.07) is 8.00. The summed E-state index contributed by atoms with van der Waals surface area (Å²) in [4.78, 5) is 18.7. The number of nitrogens with zero attached hydrogens (tertiary/aromatic N) is 3. The van der Waals surface area contributed by atoms with Crippen molar-refractivity contribution < 1.29 is 4.79 Å². The molecular weight excluding hydrogens is 286 g/mol. The summed E-state index contributed by atoms with van der Waals surface area (Å²) in [6.45, 7) is 8.17. The average molecular weight is 315 g/mol. The fraction of sp³-hybridized carbons (Fsp3) is 0.632. The molecule has 2 fully saturated rings. The highest BCUT2D eigenvalue weighted by molar-refractivity contribution is 5.77. The van der Waals surface area contributed by atoms with E-state index in [4.69, 9.17) is 0 Å². The van der Waals surface area contributed by atoms with Gasteiger partial charge in [0.15, 0.2) is 0 Å². The zero-order valence-corrected chi connectivity index (χ0v) is 14.9. The Morgan fingerprint density at radius 2 is 1.74 bits per heavy atom. The number of rotatable bonds is 4. The second-order valence-corrected chi connectivity index (χ2v) is 7.36. The van der Waals surface area contributed by atoms with Crippen molar-refractivity contribution in [2.24, 2.45) is 0 Å². The molecule has 4 nitrogen and oxygen atoms in total. The van der Waals surface area contributed by atoms with Crippen molar-refractivity contribution in [2.75, 3.05) is 33.7 Å². The van der Waals surface area contributed by atoms with E-state index in [1.165, 1.54) is 29.5 Å². The first kappa shape index (κ1) is 16.5. The lowest BCUT2D eigenvalue weighted by Gasteiger charge is -2.26. The molecule has 0 unspecified atom stereocenters. The van der Waals surface area contributed by atoms with Crippen molar-refractivity contribution in [3.8, 4) is 0 Å². The number of fused-ring (bicyclic) bond motifs is 1. The number of amides is 1. The molecule has 3 rings (SSSR count). The first-order valence-electron chi connectivity index (χ1n) is 8.70. The third-order valence-corrected chi connectivity index (χ3v) is 5.60. The van der Waals surface area contributed by atoms with Gasteiger partial charge in [0.1, 0.15) is 0 Å². The van der Waals surface area contributed by atoms with Crippen LogP contribution in [0.4, 0.5) is 0 Å². The van der Waals surface area contributed by atoms with Gasteiger partial charge in [0, 0.05) is 45.8 Å². The normalized spacial score (nSPS) is 24.9. The van der Waals surface area contributed by atoms with E-state index >= 15 is 0 Å². The number of aryl methyl sites for hydroxylation is 2. The van der Waals surface area contributed by atoms with Crippen LogP contribution in [0.3, 0.4) is 0 Å². The van der Waals surface area contributed by atoms with E-state index in [1.807, 2.05) is 14.1 Å². The Balaban J connectivity index is 1.62. The Hall–Kier alpha value is -1.39. The molecule has 1 aromatic rings. The molecule has 4 heteroatoms. The highest BCUT2D eigenvalue weighted by Gasteiger charge is 2.42. The van der Waals surface area contributed by atoms with Crippen LogP contribution in [-0.4, -0.2) is 66.4 Å². The summed E-state index contributed by atoms with van der Waals surface area (Å²) in [5, 5.41) is 0.